The summed E-state index contributed by atoms with van der Waals surface area (Å²) in [5.74, 6) is -1.09. The predicted molar refractivity (Wildman–Crippen MR) is 148 cm³/mol. The lowest BCUT2D eigenvalue weighted by Gasteiger charge is -2.32. The zero-order chi connectivity index (χ0) is 28.4. The summed E-state index contributed by atoms with van der Waals surface area (Å²) >= 11 is 0. The molecule has 10 heteroatoms. The molecule has 0 radical (unpaired) electrons. The van der Waals surface area contributed by atoms with Crippen LogP contribution in [0.25, 0.3) is 0 Å². The number of rotatable bonds is 13. The molecule has 0 bridgehead atoms. The van der Waals surface area contributed by atoms with E-state index < -0.39 is 40.2 Å². The standard InChI is InChI=1S/C29H34FN3O5S/c1-4-19-31-29(35)22(3)32(20-23-11-9-10-14-27(23)30)28(34)21-33(24-12-7-6-8-13-24)39(36,37)26-17-15-25(16-18-26)38-5-2/h6-18,22H,4-5,19-21H2,1-3H3,(H,31,35)/t22-/m1/s1. The summed E-state index contributed by atoms with van der Waals surface area (Å²) in [5.41, 5.74) is 0.482. The van der Waals surface area contributed by atoms with E-state index in [0.717, 1.165) is 4.31 Å². The number of hydrogen-bond acceptors (Lipinski definition) is 5. The highest BCUT2D eigenvalue weighted by molar-refractivity contribution is 7.92. The first-order chi connectivity index (χ1) is 18.7. The molecule has 1 atom stereocenters. The molecule has 39 heavy (non-hydrogen) atoms. The van der Waals surface area contributed by atoms with Crippen molar-refractivity contribution in [1.82, 2.24) is 10.2 Å². The van der Waals surface area contributed by atoms with Crippen molar-refractivity contribution in [3.05, 3.63) is 90.2 Å². The van der Waals surface area contributed by atoms with Crippen LogP contribution >= 0.6 is 0 Å². The van der Waals surface area contributed by atoms with Crippen molar-refractivity contribution in [3.63, 3.8) is 0 Å². The normalized spacial score (nSPS) is 11.9. The van der Waals surface area contributed by atoms with Crippen LogP contribution in [0.3, 0.4) is 0 Å². The fourth-order valence-corrected chi connectivity index (χ4v) is 5.33. The van der Waals surface area contributed by atoms with Crippen LogP contribution in [-0.4, -0.2) is 50.9 Å². The van der Waals surface area contributed by atoms with Crippen LogP contribution in [0.1, 0.15) is 32.8 Å². The third-order valence-corrected chi connectivity index (χ3v) is 7.85. The number of halogens is 1. The Kier molecular flexibility index (Phi) is 10.4. The lowest BCUT2D eigenvalue weighted by Crippen LogP contribution is -2.51. The number of para-hydroxylation sites is 1. The first kappa shape index (κ1) is 29.6. The summed E-state index contributed by atoms with van der Waals surface area (Å²) in [6, 6.07) is 19.1. The van der Waals surface area contributed by atoms with Crippen LogP contribution in [0.4, 0.5) is 10.1 Å². The molecule has 0 aliphatic rings. The SMILES string of the molecule is CCCNC(=O)[C@@H](C)N(Cc1ccccc1F)C(=O)CN(c1ccccc1)S(=O)(=O)c1ccc(OCC)cc1. The summed E-state index contributed by atoms with van der Waals surface area (Å²) in [4.78, 5) is 27.8. The number of hydrogen-bond donors (Lipinski definition) is 1. The van der Waals surface area contributed by atoms with Crippen molar-refractivity contribution in [2.24, 2.45) is 0 Å². The number of nitrogens with one attached hydrogen (secondary N) is 1. The Balaban J connectivity index is 1.99. The molecule has 208 valence electrons. The van der Waals surface area contributed by atoms with E-state index in [0.29, 0.717) is 25.3 Å². The van der Waals surface area contributed by atoms with Gasteiger partial charge in [0.25, 0.3) is 10.0 Å². The zero-order valence-corrected chi connectivity index (χ0v) is 23.2. The lowest BCUT2D eigenvalue weighted by molar-refractivity contribution is -0.139. The number of carbonyl (C=O) groups excluding carboxylic acids is 2. The van der Waals surface area contributed by atoms with Crippen LogP contribution in [0.15, 0.2) is 83.8 Å². The minimum Gasteiger partial charge on any atom is -0.494 e. The Morgan fingerprint density at radius 1 is 0.949 bits per heavy atom. The van der Waals surface area contributed by atoms with Gasteiger partial charge in [-0.2, -0.15) is 0 Å². The van der Waals surface area contributed by atoms with E-state index >= 15 is 0 Å². The highest BCUT2D eigenvalue weighted by Crippen LogP contribution is 2.26. The molecule has 0 aromatic heterocycles. The minimum atomic E-state index is -4.20. The Labute approximate surface area is 229 Å². The van der Waals surface area contributed by atoms with Gasteiger partial charge in [-0.3, -0.25) is 13.9 Å². The minimum absolute atomic E-state index is 0.0306. The number of benzene rings is 3. The van der Waals surface area contributed by atoms with Crippen LogP contribution in [-0.2, 0) is 26.2 Å². The first-order valence-electron chi connectivity index (χ1n) is 12.8. The number of anilines is 1. The molecule has 3 aromatic rings. The lowest BCUT2D eigenvalue weighted by atomic mass is 10.1. The molecule has 2 amide bonds. The van der Waals surface area contributed by atoms with E-state index in [9.17, 15) is 22.4 Å². The Morgan fingerprint density at radius 2 is 1.59 bits per heavy atom. The first-order valence-corrected chi connectivity index (χ1v) is 14.2. The van der Waals surface area contributed by atoms with Crippen LogP contribution in [0, 0.1) is 5.82 Å². The third-order valence-electron chi connectivity index (χ3n) is 6.06. The summed E-state index contributed by atoms with van der Waals surface area (Å²) < 4.78 is 48.6. The van der Waals surface area contributed by atoms with E-state index in [-0.39, 0.29) is 22.7 Å². The Morgan fingerprint density at radius 3 is 2.21 bits per heavy atom. The fraction of sp³-hybridized carbons (Fsp3) is 0.310. The largest absolute Gasteiger partial charge is 0.494 e. The zero-order valence-electron chi connectivity index (χ0n) is 22.3. The molecule has 1 N–H and O–H groups in total. The average Bonchev–Trinajstić information content (AvgIpc) is 2.94. The second kappa shape index (κ2) is 13.7. The maximum absolute atomic E-state index is 14.6. The van der Waals surface area contributed by atoms with Crippen LogP contribution in [0.2, 0.25) is 0 Å². The number of ether oxygens (including phenoxy) is 1. The van der Waals surface area contributed by atoms with Crippen molar-refractivity contribution in [1.29, 1.82) is 0 Å². The number of nitrogens with zero attached hydrogens (tertiary/aromatic N) is 2. The molecular formula is C29H34FN3O5S. The van der Waals surface area contributed by atoms with Gasteiger partial charge in [0.05, 0.1) is 17.2 Å². The van der Waals surface area contributed by atoms with E-state index in [4.69, 9.17) is 4.74 Å². The van der Waals surface area contributed by atoms with Crippen molar-refractivity contribution in [2.45, 2.75) is 44.7 Å². The maximum Gasteiger partial charge on any atom is 0.264 e. The molecule has 3 rings (SSSR count). The molecule has 0 heterocycles. The molecule has 0 saturated heterocycles. The van der Waals surface area contributed by atoms with Gasteiger partial charge in [-0.25, -0.2) is 12.8 Å². The average molecular weight is 556 g/mol. The van der Waals surface area contributed by atoms with Gasteiger partial charge in [0.2, 0.25) is 11.8 Å². The number of carbonyl (C=O) groups is 2. The van der Waals surface area contributed by atoms with E-state index in [1.807, 2.05) is 13.8 Å². The molecule has 0 fully saturated rings. The number of sulfonamides is 1. The molecule has 0 aliphatic heterocycles. The van der Waals surface area contributed by atoms with E-state index in [2.05, 4.69) is 5.32 Å². The van der Waals surface area contributed by atoms with Gasteiger partial charge in [0.1, 0.15) is 24.2 Å². The van der Waals surface area contributed by atoms with Crippen molar-refractivity contribution in [3.8, 4) is 5.75 Å². The molecular weight excluding hydrogens is 521 g/mol. The molecule has 8 nitrogen and oxygen atoms in total. The van der Waals surface area contributed by atoms with Crippen molar-refractivity contribution < 1.29 is 27.1 Å². The summed E-state index contributed by atoms with van der Waals surface area (Å²) in [7, 11) is -4.20. The molecule has 0 saturated carbocycles. The van der Waals surface area contributed by atoms with Gasteiger partial charge in [-0.15, -0.1) is 0 Å². The fourth-order valence-electron chi connectivity index (χ4n) is 3.91. The summed E-state index contributed by atoms with van der Waals surface area (Å²) in [5, 5.41) is 2.75. The molecule has 0 aliphatic carbocycles. The Bertz CT molecular complexity index is 1350. The van der Waals surface area contributed by atoms with Gasteiger partial charge >= 0.3 is 0 Å². The van der Waals surface area contributed by atoms with Gasteiger partial charge in [-0.1, -0.05) is 43.3 Å². The third kappa shape index (κ3) is 7.57. The topological polar surface area (TPSA) is 96.0 Å². The van der Waals surface area contributed by atoms with Crippen molar-refractivity contribution in [2.75, 3.05) is 24.0 Å². The summed E-state index contributed by atoms with van der Waals surface area (Å²) in [6.45, 7) is 5.29. The highest BCUT2D eigenvalue weighted by atomic mass is 32.2. The second-order valence-electron chi connectivity index (χ2n) is 8.83. The van der Waals surface area contributed by atoms with Crippen molar-refractivity contribution >= 4 is 27.5 Å². The van der Waals surface area contributed by atoms with Crippen LogP contribution < -0.4 is 14.4 Å². The predicted octanol–water partition coefficient (Wildman–Crippen LogP) is 4.36. The smallest absolute Gasteiger partial charge is 0.264 e. The van der Waals surface area contributed by atoms with Gasteiger partial charge in [0.15, 0.2) is 0 Å². The monoisotopic (exact) mass is 555 g/mol. The second-order valence-corrected chi connectivity index (χ2v) is 10.7. The maximum atomic E-state index is 14.6. The highest BCUT2D eigenvalue weighted by Gasteiger charge is 2.32. The Hall–Kier alpha value is -3.92. The van der Waals surface area contributed by atoms with E-state index in [1.54, 1.807) is 48.5 Å². The van der Waals surface area contributed by atoms with E-state index in [1.165, 1.54) is 42.2 Å². The van der Waals surface area contributed by atoms with Gasteiger partial charge in [-0.05, 0) is 62.7 Å². The van der Waals surface area contributed by atoms with Crippen LogP contribution in [0.5, 0.6) is 5.75 Å². The molecule has 0 spiro atoms. The van der Waals surface area contributed by atoms with Gasteiger partial charge < -0.3 is 15.0 Å². The molecule has 0 unspecified atom stereocenters. The molecule has 3 aromatic carbocycles. The quantitative estimate of drug-likeness (QED) is 0.338. The van der Waals surface area contributed by atoms with Gasteiger partial charge in [0, 0.05) is 18.7 Å². The summed E-state index contributed by atoms with van der Waals surface area (Å²) in [6.07, 6.45) is 0.696. The number of amides is 2.